The lowest BCUT2D eigenvalue weighted by molar-refractivity contribution is 0.0715. The number of nitrogens with zero attached hydrogens (tertiary/aromatic N) is 1. The van der Waals surface area contributed by atoms with Crippen molar-refractivity contribution in [1.29, 1.82) is 0 Å². The summed E-state index contributed by atoms with van der Waals surface area (Å²) in [6.45, 7) is 10.2. The van der Waals surface area contributed by atoms with Crippen LogP contribution in [0.4, 0.5) is 5.69 Å². The zero-order valence-corrected chi connectivity index (χ0v) is 12.7. The molecule has 0 aliphatic carbocycles. The third kappa shape index (κ3) is 4.93. The molecule has 0 aromatic heterocycles. The summed E-state index contributed by atoms with van der Waals surface area (Å²) in [6, 6.07) is 7.66. The van der Waals surface area contributed by atoms with Crippen LogP contribution in [0.25, 0.3) is 0 Å². The molecule has 0 spiro atoms. The Morgan fingerprint density at radius 3 is 1.89 bits per heavy atom. The predicted octanol–water partition coefficient (Wildman–Crippen LogP) is 3.48. The van der Waals surface area contributed by atoms with Crippen LogP contribution in [-0.4, -0.2) is 30.9 Å². The SMILES string of the molecule is CNc1ccc(C(=O)N(CC(C)C)CC(C)C)cc1. The van der Waals surface area contributed by atoms with E-state index >= 15 is 0 Å². The van der Waals surface area contributed by atoms with E-state index in [2.05, 4.69) is 33.0 Å². The smallest absolute Gasteiger partial charge is 0.253 e. The van der Waals surface area contributed by atoms with Crippen LogP contribution in [0.2, 0.25) is 0 Å². The lowest BCUT2D eigenvalue weighted by Gasteiger charge is -2.26. The lowest BCUT2D eigenvalue weighted by Crippen LogP contribution is -2.37. The van der Waals surface area contributed by atoms with Crippen molar-refractivity contribution < 1.29 is 4.79 Å². The molecule has 0 heterocycles. The monoisotopic (exact) mass is 262 g/mol. The molecular weight excluding hydrogens is 236 g/mol. The molecule has 0 radical (unpaired) electrons. The Labute approximate surface area is 117 Å². The van der Waals surface area contributed by atoms with Gasteiger partial charge in [-0.25, -0.2) is 0 Å². The van der Waals surface area contributed by atoms with E-state index < -0.39 is 0 Å². The first-order chi connectivity index (χ1) is 8.93. The largest absolute Gasteiger partial charge is 0.388 e. The highest BCUT2D eigenvalue weighted by molar-refractivity contribution is 5.94. The van der Waals surface area contributed by atoms with Gasteiger partial charge in [0.25, 0.3) is 5.91 Å². The van der Waals surface area contributed by atoms with Gasteiger partial charge in [-0.3, -0.25) is 4.79 Å². The molecule has 0 saturated carbocycles. The highest BCUT2D eigenvalue weighted by Crippen LogP contribution is 2.13. The summed E-state index contributed by atoms with van der Waals surface area (Å²) in [4.78, 5) is 14.5. The van der Waals surface area contributed by atoms with Crippen molar-refractivity contribution in [2.24, 2.45) is 11.8 Å². The van der Waals surface area contributed by atoms with Gasteiger partial charge in [-0.15, -0.1) is 0 Å². The van der Waals surface area contributed by atoms with E-state index in [0.29, 0.717) is 11.8 Å². The number of carbonyl (C=O) groups excluding carboxylic acids is 1. The van der Waals surface area contributed by atoms with E-state index in [4.69, 9.17) is 0 Å². The fraction of sp³-hybridized carbons (Fsp3) is 0.562. The summed E-state index contributed by atoms with van der Waals surface area (Å²) in [5, 5.41) is 3.06. The third-order valence-corrected chi connectivity index (χ3v) is 2.88. The minimum Gasteiger partial charge on any atom is -0.388 e. The van der Waals surface area contributed by atoms with E-state index in [1.165, 1.54) is 0 Å². The summed E-state index contributed by atoms with van der Waals surface area (Å²) < 4.78 is 0. The van der Waals surface area contributed by atoms with E-state index in [-0.39, 0.29) is 5.91 Å². The molecule has 3 nitrogen and oxygen atoms in total. The molecule has 106 valence electrons. The molecule has 0 fully saturated rings. The number of hydrogen-bond acceptors (Lipinski definition) is 2. The van der Waals surface area contributed by atoms with Crippen molar-refractivity contribution >= 4 is 11.6 Å². The van der Waals surface area contributed by atoms with Gasteiger partial charge in [-0.1, -0.05) is 27.7 Å². The number of carbonyl (C=O) groups is 1. The van der Waals surface area contributed by atoms with Crippen molar-refractivity contribution in [3.8, 4) is 0 Å². The van der Waals surface area contributed by atoms with Gasteiger partial charge in [0.2, 0.25) is 0 Å². The van der Waals surface area contributed by atoms with Crippen LogP contribution in [0.1, 0.15) is 38.1 Å². The Hall–Kier alpha value is -1.51. The summed E-state index contributed by atoms with van der Waals surface area (Å²) >= 11 is 0. The molecule has 0 saturated heterocycles. The Kier molecular flexibility index (Phi) is 5.87. The van der Waals surface area contributed by atoms with Gasteiger partial charge >= 0.3 is 0 Å². The maximum atomic E-state index is 12.5. The molecule has 1 aromatic rings. The van der Waals surface area contributed by atoms with Crippen LogP contribution >= 0.6 is 0 Å². The van der Waals surface area contributed by atoms with Gasteiger partial charge < -0.3 is 10.2 Å². The molecule has 0 atom stereocenters. The number of benzene rings is 1. The Balaban J connectivity index is 2.84. The Morgan fingerprint density at radius 2 is 1.53 bits per heavy atom. The van der Waals surface area contributed by atoms with Crippen molar-refractivity contribution in [2.75, 3.05) is 25.5 Å². The number of anilines is 1. The van der Waals surface area contributed by atoms with Crippen LogP contribution in [0.3, 0.4) is 0 Å². The second kappa shape index (κ2) is 7.17. The highest BCUT2D eigenvalue weighted by Gasteiger charge is 2.17. The fourth-order valence-electron chi connectivity index (χ4n) is 2.08. The third-order valence-electron chi connectivity index (χ3n) is 2.88. The molecule has 19 heavy (non-hydrogen) atoms. The van der Waals surface area contributed by atoms with Gasteiger partial charge in [0.05, 0.1) is 0 Å². The van der Waals surface area contributed by atoms with Gasteiger partial charge in [-0.2, -0.15) is 0 Å². The second-order valence-electron chi connectivity index (χ2n) is 5.83. The maximum absolute atomic E-state index is 12.5. The number of nitrogens with one attached hydrogen (secondary N) is 1. The second-order valence-corrected chi connectivity index (χ2v) is 5.83. The van der Waals surface area contributed by atoms with Crippen LogP contribution in [0.15, 0.2) is 24.3 Å². The summed E-state index contributed by atoms with van der Waals surface area (Å²) in [5.41, 5.74) is 1.79. The normalized spacial score (nSPS) is 10.9. The molecular formula is C16H26N2O. The van der Waals surface area contributed by atoms with Crippen molar-refractivity contribution in [1.82, 2.24) is 4.90 Å². The topological polar surface area (TPSA) is 32.3 Å². The number of hydrogen-bond donors (Lipinski definition) is 1. The Bertz CT molecular complexity index is 386. The minimum atomic E-state index is 0.130. The quantitative estimate of drug-likeness (QED) is 0.851. The van der Waals surface area contributed by atoms with Crippen LogP contribution in [-0.2, 0) is 0 Å². The molecule has 3 heteroatoms. The summed E-state index contributed by atoms with van der Waals surface area (Å²) in [5.74, 6) is 1.10. The van der Waals surface area contributed by atoms with E-state index in [1.807, 2.05) is 36.2 Å². The molecule has 1 N–H and O–H groups in total. The number of amides is 1. The lowest BCUT2D eigenvalue weighted by atomic mass is 10.1. The van der Waals surface area contributed by atoms with Gasteiger partial charge in [0, 0.05) is 31.4 Å². The van der Waals surface area contributed by atoms with Crippen LogP contribution in [0.5, 0.6) is 0 Å². The minimum absolute atomic E-state index is 0.130. The summed E-state index contributed by atoms with van der Waals surface area (Å²) in [7, 11) is 1.88. The van der Waals surface area contributed by atoms with Gasteiger partial charge in [-0.05, 0) is 36.1 Å². The number of rotatable bonds is 6. The molecule has 0 unspecified atom stereocenters. The maximum Gasteiger partial charge on any atom is 0.253 e. The average molecular weight is 262 g/mol. The van der Waals surface area contributed by atoms with Gasteiger partial charge in [0.15, 0.2) is 0 Å². The van der Waals surface area contributed by atoms with Crippen molar-refractivity contribution in [2.45, 2.75) is 27.7 Å². The molecule has 0 aliphatic rings. The van der Waals surface area contributed by atoms with Crippen LogP contribution < -0.4 is 5.32 Å². The first-order valence-corrected chi connectivity index (χ1v) is 7.01. The predicted molar refractivity (Wildman–Crippen MR) is 81.6 cm³/mol. The fourth-order valence-corrected chi connectivity index (χ4v) is 2.08. The van der Waals surface area contributed by atoms with Crippen molar-refractivity contribution in [3.63, 3.8) is 0 Å². The first kappa shape index (κ1) is 15.5. The van der Waals surface area contributed by atoms with Crippen molar-refractivity contribution in [3.05, 3.63) is 29.8 Å². The van der Waals surface area contributed by atoms with Crippen LogP contribution in [0, 0.1) is 11.8 Å². The standard InChI is InChI=1S/C16H26N2O/c1-12(2)10-18(11-13(3)4)16(19)14-6-8-15(17-5)9-7-14/h6-9,12-13,17H,10-11H2,1-5H3. The van der Waals surface area contributed by atoms with E-state index in [0.717, 1.165) is 24.3 Å². The Morgan fingerprint density at radius 1 is 1.05 bits per heavy atom. The highest BCUT2D eigenvalue weighted by atomic mass is 16.2. The van der Waals surface area contributed by atoms with Gasteiger partial charge in [0.1, 0.15) is 0 Å². The first-order valence-electron chi connectivity index (χ1n) is 7.01. The molecule has 1 aromatic carbocycles. The van der Waals surface area contributed by atoms with E-state index in [9.17, 15) is 4.79 Å². The molecule has 0 bridgehead atoms. The average Bonchev–Trinajstić information content (AvgIpc) is 2.36. The molecule has 1 rings (SSSR count). The van der Waals surface area contributed by atoms with E-state index in [1.54, 1.807) is 0 Å². The zero-order valence-electron chi connectivity index (χ0n) is 12.7. The molecule has 0 aliphatic heterocycles. The summed E-state index contributed by atoms with van der Waals surface area (Å²) in [6.07, 6.45) is 0. The zero-order chi connectivity index (χ0) is 14.4. The molecule has 1 amide bonds.